The summed E-state index contributed by atoms with van der Waals surface area (Å²) in [5.74, 6) is 2.56. The quantitative estimate of drug-likeness (QED) is 0.755. The molecule has 0 aliphatic heterocycles. The van der Waals surface area contributed by atoms with Gasteiger partial charge in [0.25, 0.3) is 0 Å². The second kappa shape index (κ2) is 8.40. The van der Waals surface area contributed by atoms with Gasteiger partial charge in [-0.15, -0.1) is 0 Å². The molecule has 3 heteroatoms. The van der Waals surface area contributed by atoms with Crippen molar-refractivity contribution in [2.75, 3.05) is 20.2 Å². The van der Waals surface area contributed by atoms with E-state index in [2.05, 4.69) is 12.2 Å². The Morgan fingerprint density at radius 1 is 1.38 bits per heavy atom. The largest absolute Gasteiger partial charge is 0.497 e. The average molecular weight is 291 g/mol. The van der Waals surface area contributed by atoms with E-state index in [1.54, 1.807) is 7.11 Å². The molecule has 21 heavy (non-hydrogen) atoms. The summed E-state index contributed by atoms with van der Waals surface area (Å²) < 4.78 is 5.19. The summed E-state index contributed by atoms with van der Waals surface area (Å²) in [6.07, 6.45) is 6.31. The van der Waals surface area contributed by atoms with E-state index in [-0.39, 0.29) is 0 Å². The lowest BCUT2D eigenvalue weighted by atomic mass is 9.81. The fraction of sp³-hybridized carbons (Fsp3) is 0.667. The van der Waals surface area contributed by atoms with Crippen molar-refractivity contribution >= 4 is 0 Å². The Kier molecular flexibility index (Phi) is 6.52. The van der Waals surface area contributed by atoms with Crippen molar-refractivity contribution in [1.29, 1.82) is 0 Å². The molecule has 0 aromatic heterocycles. The zero-order valence-corrected chi connectivity index (χ0v) is 13.3. The van der Waals surface area contributed by atoms with E-state index in [1.165, 1.54) is 32.1 Å². The Balaban J connectivity index is 1.67. The number of hydrogen-bond acceptors (Lipinski definition) is 3. The van der Waals surface area contributed by atoms with Crippen molar-refractivity contribution in [2.24, 2.45) is 11.8 Å². The molecule has 1 fully saturated rings. The highest BCUT2D eigenvalue weighted by Gasteiger charge is 2.18. The Hall–Kier alpha value is -1.06. The van der Waals surface area contributed by atoms with Gasteiger partial charge in [0.15, 0.2) is 0 Å². The van der Waals surface area contributed by atoms with Crippen LogP contribution in [0.2, 0.25) is 0 Å². The predicted molar refractivity (Wildman–Crippen MR) is 86.6 cm³/mol. The van der Waals surface area contributed by atoms with E-state index in [4.69, 9.17) is 4.74 Å². The molecule has 0 bridgehead atoms. The van der Waals surface area contributed by atoms with Crippen LogP contribution in [0.15, 0.2) is 24.3 Å². The van der Waals surface area contributed by atoms with Crippen LogP contribution in [-0.4, -0.2) is 25.3 Å². The number of rotatable bonds is 7. The second-order valence-electron chi connectivity index (χ2n) is 6.42. The molecule has 3 atom stereocenters. The molecular weight excluding hydrogens is 262 g/mol. The van der Waals surface area contributed by atoms with Crippen molar-refractivity contribution in [3.63, 3.8) is 0 Å². The molecule has 0 heterocycles. The lowest BCUT2D eigenvalue weighted by Crippen LogP contribution is -2.25. The monoisotopic (exact) mass is 291 g/mol. The number of aliphatic hydroxyl groups is 1. The van der Waals surface area contributed by atoms with Gasteiger partial charge in [-0.05, 0) is 48.9 Å². The van der Waals surface area contributed by atoms with Crippen LogP contribution in [0.4, 0.5) is 0 Å². The number of methoxy groups -OCH3 is 1. The van der Waals surface area contributed by atoms with Crippen LogP contribution < -0.4 is 10.1 Å². The molecule has 1 aromatic rings. The average Bonchev–Trinajstić information content (AvgIpc) is 2.51. The van der Waals surface area contributed by atoms with Gasteiger partial charge in [0.2, 0.25) is 0 Å². The maximum atomic E-state index is 10.2. The Bertz CT molecular complexity index is 421. The number of nitrogens with one attached hydrogen (secondary N) is 1. The van der Waals surface area contributed by atoms with E-state index in [1.807, 2.05) is 24.3 Å². The molecule has 0 radical (unpaired) electrons. The lowest BCUT2D eigenvalue weighted by molar-refractivity contribution is 0.172. The highest BCUT2D eigenvalue weighted by Crippen LogP contribution is 2.30. The third-order valence-electron chi connectivity index (χ3n) is 4.59. The van der Waals surface area contributed by atoms with Crippen molar-refractivity contribution in [3.05, 3.63) is 29.8 Å². The molecular formula is C18H29NO2. The first kappa shape index (κ1) is 16.3. The van der Waals surface area contributed by atoms with E-state index in [0.29, 0.717) is 6.54 Å². The molecule has 118 valence electrons. The van der Waals surface area contributed by atoms with E-state index >= 15 is 0 Å². The molecule has 0 saturated heterocycles. The first-order valence-electron chi connectivity index (χ1n) is 8.21. The maximum Gasteiger partial charge on any atom is 0.119 e. The highest BCUT2D eigenvalue weighted by atomic mass is 16.5. The van der Waals surface area contributed by atoms with E-state index in [9.17, 15) is 5.11 Å². The third-order valence-corrected chi connectivity index (χ3v) is 4.59. The normalized spacial score (nSPS) is 23.8. The fourth-order valence-corrected chi connectivity index (χ4v) is 3.33. The molecule has 3 nitrogen and oxygen atoms in total. The SMILES string of the molecule is COc1cccc(C(O)CNCCC2CCCC(C)C2)c1. The summed E-state index contributed by atoms with van der Waals surface area (Å²) in [6.45, 7) is 3.97. The Morgan fingerprint density at radius 3 is 3.00 bits per heavy atom. The van der Waals surface area contributed by atoms with Crippen LogP contribution in [0.25, 0.3) is 0 Å². The van der Waals surface area contributed by atoms with Crippen LogP contribution in [0.1, 0.15) is 50.7 Å². The summed E-state index contributed by atoms with van der Waals surface area (Å²) in [6, 6.07) is 7.65. The minimum absolute atomic E-state index is 0.467. The maximum absolute atomic E-state index is 10.2. The summed E-state index contributed by atoms with van der Waals surface area (Å²) in [5.41, 5.74) is 0.910. The fourth-order valence-electron chi connectivity index (χ4n) is 3.33. The summed E-state index contributed by atoms with van der Waals surface area (Å²) in [7, 11) is 1.65. The summed E-state index contributed by atoms with van der Waals surface area (Å²) in [4.78, 5) is 0. The van der Waals surface area contributed by atoms with Crippen LogP contribution in [-0.2, 0) is 0 Å². The van der Waals surface area contributed by atoms with Gasteiger partial charge < -0.3 is 15.2 Å². The standard InChI is InChI=1S/C18H29NO2/c1-14-5-3-6-15(11-14)9-10-19-13-18(20)16-7-4-8-17(12-16)21-2/h4,7-8,12,14-15,18-20H,3,5-6,9-11,13H2,1-2H3. The van der Waals surface area contributed by atoms with Gasteiger partial charge in [-0.1, -0.05) is 38.3 Å². The highest BCUT2D eigenvalue weighted by molar-refractivity contribution is 5.29. The number of hydrogen-bond donors (Lipinski definition) is 2. The first-order valence-corrected chi connectivity index (χ1v) is 8.21. The van der Waals surface area contributed by atoms with Gasteiger partial charge in [0, 0.05) is 6.54 Å². The Morgan fingerprint density at radius 2 is 2.24 bits per heavy atom. The van der Waals surface area contributed by atoms with Gasteiger partial charge in [-0.2, -0.15) is 0 Å². The Labute approximate surface area is 128 Å². The van der Waals surface area contributed by atoms with Crippen LogP contribution in [0.3, 0.4) is 0 Å². The second-order valence-corrected chi connectivity index (χ2v) is 6.42. The minimum Gasteiger partial charge on any atom is -0.497 e. The molecule has 2 N–H and O–H groups in total. The summed E-state index contributed by atoms with van der Waals surface area (Å²) in [5, 5.41) is 13.6. The van der Waals surface area contributed by atoms with Crippen LogP contribution in [0.5, 0.6) is 5.75 Å². The van der Waals surface area contributed by atoms with Gasteiger partial charge >= 0.3 is 0 Å². The molecule has 2 rings (SSSR count). The molecule has 0 spiro atoms. The topological polar surface area (TPSA) is 41.5 Å². The van der Waals surface area contributed by atoms with E-state index in [0.717, 1.165) is 29.7 Å². The van der Waals surface area contributed by atoms with Crippen molar-refractivity contribution in [1.82, 2.24) is 5.32 Å². The van der Waals surface area contributed by atoms with Crippen LogP contribution >= 0.6 is 0 Å². The summed E-state index contributed by atoms with van der Waals surface area (Å²) >= 11 is 0. The zero-order chi connectivity index (χ0) is 15.1. The lowest BCUT2D eigenvalue weighted by Gasteiger charge is -2.26. The van der Waals surface area contributed by atoms with Crippen molar-refractivity contribution in [2.45, 2.75) is 45.1 Å². The molecule has 1 aliphatic rings. The molecule has 0 amide bonds. The molecule has 1 saturated carbocycles. The van der Waals surface area contributed by atoms with Gasteiger partial charge in [0.1, 0.15) is 5.75 Å². The smallest absolute Gasteiger partial charge is 0.119 e. The minimum atomic E-state index is -0.467. The van der Waals surface area contributed by atoms with Gasteiger partial charge in [-0.3, -0.25) is 0 Å². The third kappa shape index (κ3) is 5.33. The number of ether oxygens (including phenoxy) is 1. The van der Waals surface area contributed by atoms with E-state index < -0.39 is 6.10 Å². The van der Waals surface area contributed by atoms with Crippen molar-refractivity contribution in [3.8, 4) is 5.75 Å². The number of aliphatic hydroxyl groups excluding tert-OH is 1. The van der Waals surface area contributed by atoms with Crippen molar-refractivity contribution < 1.29 is 9.84 Å². The van der Waals surface area contributed by atoms with Crippen LogP contribution in [0, 0.1) is 11.8 Å². The molecule has 1 aliphatic carbocycles. The molecule has 1 aromatic carbocycles. The van der Waals surface area contributed by atoms with Gasteiger partial charge in [-0.25, -0.2) is 0 Å². The number of benzene rings is 1. The van der Waals surface area contributed by atoms with Gasteiger partial charge in [0.05, 0.1) is 13.2 Å². The predicted octanol–water partition coefficient (Wildman–Crippen LogP) is 3.53. The zero-order valence-electron chi connectivity index (χ0n) is 13.3. The first-order chi connectivity index (χ1) is 10.2. The molecule has 3 unspecified atom stereocenters.